The topological polar surface area (TPSA) is 93.7 Å². The van der Waals surface area contributed by atoms with E-state index in [1.165, 1.54) is 6.08 Å². The van der Waals surface area contributed by atoms with E-state index in [4.69, 9.17) is 18.6 Å². The first kappa shape index (κ1) is 21.5. The third-order valence-corrected chi connectivity index (χ3v) is 4.39. The van der Waals surface area contributed by atoms with Gasteiger partial charge in [0.25, 0.3) is 5.91 Å². The molecule has 0 aliphatic rings. The van der Waals surface area contributed by atoms with E-state index in [2.05, 4.69) is 5.32 Å². The van der Waals surface area contributed by atoms with Crippen LogP contribution in [-0.2, 0) is 17.9 Å². The first-order valence-electron chi connectivity index (χ1n) is 9.49. The number of nitrogens with one attached hydrogen (secondary N) is 1. The molecule has 1 amide bonds. The van der Waals surface area contributed by atoms with E-state index < -0.39 is 5.91 Å². The van der Waals surface area contributed by atoms with Gasteiger partial charge in [-0.05, 0) is 54.1 Å². The predicted octanol–water partition coefficient (Wildman–Crippen LogP) is 4.10. The molecule has 3 aromatic rings. The first-order valence-corrected chi connectivity index (χ1v) is 9.49. The molecule has 158 valence electrons. The number of furan rings is 1. The van der Waals surface area contributed by atoms with Crippen LogP contribution in [0.2, 0.25) is 0 Å². The molecule has 0 saturated carbocycles. The Kier molecular flexibility index (Phi) is 7.33. The third-order valence-electron chi connectivity index (χ3n) is 4.39. The number of carbonyl (C=O) groups is 1. The minimum atomic E-state index is -0.481. The van der Waals surface area contributed by atoms with Crippen molar-refractivity contribution in [2.24, 2.45) is 0 Å². The second-order valence-corrected chi connectivity index (χ2v) is 6.47. The summed E-state index contributed by atoms with van der Waals surface area (Å²) in [7, 11) is 3.19. The molecular formula is C24H22N2O5. The third kappa shape index (κ3) is 6.15. The van der Waals surface area contributed by atoms with Crippen LogP contribution in [0.5, 0.6) is 17.2 Å². The van der Waals surface area contributed by atoms with E-state index in [9.17, 15) is 10.1 Å². The Morgan fingerprint density at radius 2 is 1.58 bits per heavy atom. The van der Waals surface area contributed by atoms with Crippen molar-refractivity contribution in [2.45, 2.75) is 13.2 Å². The highest BCUT2D eigenvalue weighted by molar-refractivity contribution is 6.01. The summed E-state index contributed by atoms with van der Waals surface area (Å²) < 4.78 is 21.5. The van der Waals surface area contributed by atoms with Gasteiger partial charge in [0.05, 0.1) is 14.2 Å². The fourth-order valence-corrected chi connectivity index (χ4v) is 2.69. The molecule has 7 heteroatoms. The molecular weight excluding hydrogens is 396 g/mol. The maximum absolute atomic E-state index is 12.3. The quantitative estimate of drug-likeness (QED) is 0.415. The standard InChI is InChI=1S/C24H22N2O5/c1-28-19-5-3-17(4-6-19)15-26-24(27)18(14-25)13-22-11-12-23(31-22)16-30-21-9-7-20(29-2)8-10-21/h3-13H,15-16H2,1-2H3,(H,26,27). The van der Waals surface area contributed by atoms with E-state index in [-0.39, 0.29) is 12.2 Å². The van der Waals surface area contributed by atoms with Gasteiger partial charge in [0.1, 0.15) is 47.0 Å². The molecule has 0 unspecified atom stereocenters. The zero-order valence-electron chi connectivity index (χ0n) is 17.3. The Morgan fingerprint density at radius 1 is 0.968 bits per heavy atom. The van der Waals surface area contributed by atoms with Crippen LogP contribution < -0.4 is 19.5 Å². The van der Waals surface area contributed by atoms with Crippen molar-refractivity contribution in [2.75, 3.05) is 14.2 Å². The number of amides is 1. The van der Waals surface area contributed by atoms with E-state index in [0.717, 1.165) is 17.1 Å². The molecule has 0 aliphatic heterocycles. The number of hydrogen-bond acceptors (Lipinski definition) is 6. The summed E-state index contributed by atoms with van der Waals surface area (Å²) in [4.78, 5) is 12.3. The van der Waals surface area contributed by atoms with Crippen LogP contribution in [0, 0.1) is 11.3 Å². The molecule has 0 bridgehead atoms. The lowest BCUT2D eigenvalue weighted by Gasteiger charge is -2.06. The van der Waals surface area contributed by atoms with Gasteiger partial charge in [-0.1, -0.05) is 12.1 Å². The van der Waals surface area contributed by atoms with Crippen molar-refractivity contribution in [1.29, 1.82) is 5.26 Å². The molecule has 1 heterocycles. The minimum Gasteiger partial charge on any atom is -0.497 e. The molecule has 0 atom stereocenters. The van der Waals surface area contributed by atoms with Crippen molar-refractivity contribution < 1.29 is 23.4 Å². The number of hydrogen-bond donors (Lipinski definition) is 1. The van der Waals surface area contributed by atoms with Crippen LogP contribution >= 0.6 is 0 Å². The zero-order valence-corrected chi connectivity index (χ0v) is 17.3. The lowest BCUT2D eigenvalue weighted by molar-refractivity contribution is -0.117. The van der Waals surface area contributed by atoms with Gasteiger partial charge in [-0.2, -0.15) is 5.26 Å². The van der Waals surface area contributed by atoms with Gasteiger partial charge >= 0.3 is 0 Å². The van der Waals surface area contributed by atoms with Crippen molar-refractivity contribution >= 4 is 12.0 Å². The Morgan fingerprint density at radius 3 is 2.19 bits per heavy atom. The van der Waals surface area contributed by atoms with Gasteiger partial charge < -0.3 is 23.9 Å². The van der Waals surface area contributed by atoms with Crippen molar-refractivity contribution in [3.05, 3.63) is 83.3 Å². The average molecular weight is 418 g/mol. The number of ether oxygens (including phenoxy) is 3. The molecule has 0 radical (unpaired) electrons. The summed E-state index contributed by atoms with van der Waals surface area (Å²) >= 11 is 0. The summed E-state index contributed by atoms with van der Waals surface area (Å²) in [6.07, 6.45) is 1.40. The predicted molar refractivity (Wildman–Crippen MR) is 114 cm³/mol. The monoisotopic (exact) mass is 418 g/mol. The summed E-state index contributed by atoms with van der Waals surface area (Å²) in [5.74, 6) is 2.63. The van der Waals surface area contributed by atoms with Crippen LogP contribution in [0.15, 0.2) is 70.7 Å². The van der Waals surface area contributed by atoms with Crippen LogP contribution in [0.1, 0.15) is 17.1 Å². The maximum atomic E-state index is 12.3. The molecule has 0 aliphatic carbocycles. The highest BCUT2D eigenvalue weighted by Crippen LogP contribution is 2.19. The molecule has 1 N–H and O–H groups in total. The highest BCUT2D eigenvalue weighted by atomic mass is 16.5. The van der Waals surface area contributed by atoms with E-state index in [1.807, 2.05) is 18.2 Å². The van der Waals surface area contributed by atoms with Crippen molar-refractivity contribution in [3.63, 3.8) is 0 Å². The number of benzene rings is 2. The number of methoxy groups -OCH3 is 2. The Labute approximate surface area is 180 Å². The fraction of sp³-hybridized carbons (Fsp3) is 0.167. The number of rotatable bonds is 9. The zero-order chi connectivity index (χ0) is 22.1. The van der Waals surface area contributed by atoms with Crippen LogP contribution in [0.3, 0.4) is 0 Å². The highest BCUT2D eigenvalue weighted by Gasteiger charge is 2.11. The van der Waals surface area contributed by atoms with Crippen molar-refractivity contribution in [3.8, 4) is 23.3 Å². The number of carbonyl (C=O) groups excluding carboxylic acids is 1. The summed E-state index contributed by atoms with van der Waals surface area (Å²) in [6.45, 7) is 0.507. The average Bonchev–Trinajstić information content (AvgIpc) is 3.27. The van der Waals surface area contributed by atoms with Gasteiger partial charge in [0.2, 0.25) is 0 Å². The Hall–Kier alpha value is -4.18. The number of nitriles is 1. The summed E-state index contributed by atoms with van der Waals surface area (Å²) in [5.41, 5.74) is 0.841. The second-order valence-electron chi connectivity index (χ2n) is 6.47. The normalized spacial score (nSPS) is 10.8. The molecule has 1 aromatic heterocycles. The molecule has 0 saturated heterocycles. The molecule has 31 heavy (non-hydrogen) atoms. The van der Waals surface area contributed by atoms with E-state index in [0.29, 0.717) is 23.8 Å². The van der Waals surface area contributed by atoms with Gasteiger partial charge in [0.15, 0.2) is 0 Å². The smallest absolute Gasteiger partial charge is 0.262 e. The minimum absolute atomic E-state index is 0.0505. The summed E-state index contributed by atoms with van der Waals surface area (Å²) in [5, 5.41) is 12.1. The second kappa shape index (κ2) is 10.6. The van der Waals surface area contributed by atoms with Gasteiger partial charge in [0, 0.05) is 12.6 Å². The molecule has 2 aromatic carbocycles. The molecule has 3 rings (SSSR count). The fourth-order valence-electron chi connectivity index (χ4n) is 2.69. The van der Waals surface area contributed by atoms with E-state index >= 15 is 0 Å². The molecule has 7 nitrogen and oxygen atoms in total. The largest absolute Gasteiger partial charge is 0.497 e. The van der Waals surface area contributed by atoms with Gasteiger partial charge in [-0.3, -0.25) is 4.79 Å². The van der Waals surface area contributed by atoms with Crippen molar-refractivity contribution in [1.82, 2.24) is 5.32 Å². The SMILES string of the molecule is COc1ccc(CNC(=O)C(C#N)=Cc2ccc(COc3ccc(OC)cc3)o2)cc1. The Bertz CT molecular complexity index is 1080. The molecule has 0 fully saturated rings. The number of nitrogens with zero attached hydrogens (tertiary/aromatic N) is 1. The first-order chi connectivity index (χ1) is 15.1. The lowest BCUT2D eigenvalue weighted by Crippen LogP contribution is -2.23. The molecule has 0 spiro atoms. The van der Waals surface area contributed by atoms with Crippen LogP contribution in [0.25, 0.3) is 6.08 Å². The van der Waals surface area contributed by atoms with Crippen LogP contribution in [-0.4, -0.2) is 20.1 Å². The van der Waals surface area contributed by atoms with Gasteiger partial charge in [-0.25, -0.2) is 0 Å². The van der Waals surface area contributed by atoms with Crippen LogP contribution in [0.4, 0.5) is 0 Å². The Balaban J connectivity index is 1.56. The van der Waals surface area contributed by atoms with Gasteiger partial charge in [-0.15, -0.1) is 0 Å². The lowest BCUT2D eigenvalue weighted by atomic mass is 10.2. The van der Waals surface area contributed by atoms with E-state index in [1.54, 1.807) is 62.8 Å². The summed E-state index contributed by atoms with van der Waals surface area (Å²) in [6, 6.07) is 19.8. The maximum Gasteiger partial charge on any atom is 0.262 e.